The number of alkyl halides is 1. The number of nitrogens with one attached hydrogen (secondary N) is 2. The number of ether oxygens (including phenoxy) is 1. The highest BCUT2D eigenvalue weighted by atomic mass is 19.1. The van der Waals surface area contributed by atoms with Gasteiger partial charge in [-0.15, -0.1) is 0 Å². The molecule has 1 saturated heterocycles. The number of nitrogens with zero attached hydrogens (tertiary/aromatic N) is 2. The van der Waals surface area contributed by atoms with Crippen LogP contribution in [0.25, 0.3) is 11.0 Å². The number of fused-ring (bicyclic) bond motifs is 1. The summed E-state index contributed by atoms with van der Waals surface area (Å²) >= 11 is 0. The van der Waals surface area contributed by atoms with Crippen LogP contribution in [0, 0.1) is 5.41 Å². The standard InChI is InChI=1S/C12H14FN5O4/c13-7-8(20)5(2-19)22-12(7)18-3-17-9(14)6-4(10(15)21)1-16-11(6)18/h1,3,5,7-8,12,14,16,19-20H,2H2,(H2,15,21)/t5-,7-,8-,12-/m1/s1. The van der Waals surface area contributed by atoms with Crippen molar-refractivity contribution in [2.24, 2.45) is 5.73 Å². The number of aliphatic hydroxyl groups excluding tert-OH is 2. The number of hydrogen-bond acceptors (Lipinski definition) is 6. The molecule has 22 heavy (non-hydrogen) atoms. The number of H-pyrrole nitrogens is 1. The fourth-order valence-electron chi connectivity index (χ4n) is 2.56. The number of halogens is 1. The molecule has 0 bridgehead atoms. The van der Waals surface area contributed by atoms with Gasteiger partial charge in [0.1, 0.15) is 24.2 Å². The van der Waals surface area contributed by atoms with E-state index in [9.17, 15) is 14.3 Å². The highest BCUT2D eigenvalue weighted by Gasteiger charge is 2.45. The van der Waals surface area contributed by atoms with E-state index in [0.717, 1.165) is 6.33 Å². The van der Waals surface area contributed by atoms with E-state index >= 15 is 0 Å². The SMILES string of the molecule is N=c1ncn([C@@H]2O[C@H](CO)[C@@H](O)[C@H]2F)c2[nH]cc(C(N)=O)c12. The van der Waals surface area contributed by atoms with E-state index in [-0.39, 0.29) is 22.1 Å². The van der Waals surface area contributed by atoms with Gasteiger partial charge in [-0.25, -0.2) is 9.37 Å². The Morgan fingerprint density at radius 1 is 1.64 bits per heavy atom. The molecule has 0 saturated carbocycles. The lowest BCUT2D eigenvalue weighted by Gasteiger charge is -2.17. The average Bonchev–Trinajstić information content (AvgIpc) is 3.04. The highest BCUT2D eigenvalue weighted by molar-refractivity contribution is 6.04. The molecule has 2 aromatic rings. The molecule has 1 aliphatic rings. The summed E-state index contributed by atoms with van der Waals surface area (Å²) in [7, 11) is 0. The molecular weight excluding hydrogens is 297 g/mol. The van der Waals surface area contributed by atoms with Crippen LogP contribution in [0.5, 0.6) is 0 Å². The molecule has 4 atom stereocenters. The lowest BCUT2D eigenvalue weighted by molar-refractivity contribution is -0.0463. The van der Waals surface area contributed by atoms with Crippen LogP contribution in [0.15, 0.2) is 12.5 Å². The number of carbonyl (C=O) groups excluding carboxylic acids is 1. The second-order valence-electron chi connectivity index (χ2n) is 4.97. The largest absolute Gasteiger partial charge is 0.394 e. The summed E-state index contributed by atoms with van der Waals surface area (Å²) in [6.07, 6.45) is -3.14. The minimum atomic E-state index is -1.80. The quantitative estimate of drug-likeness (QED) is 0.469. The fourth-order valence-corrected chi connectivity index (χ4v) is 2.56. The van der Waals surface area contributed by atoms with Gasteiger partial charge >= 0.3 is 0 Å². The first-order valence-corrected chi connectivity index (χ1v) is 6.46. The third-order valence-corrected chi connectivity index (χ3v) is 3.68. The van der Waals surface area contributed by atoms with Crippen molar-refractivity contribution in [1.82, 2.24) is 14.5 Å². The van der Waals surface area contributed by atoms with Crippen LogP contribution in [0.3, 0.4) is 0 Å². The molecule has 6 N–H and O–H groups in total. The van der Waals surface area contributed by atoms with Crippen molar-refractivity contribution in [2.45, 2.75) is 24.6 Å². The van der Waals surface area contributed by atoms with E-state index in [0.29, 0.717) is 0 Å². The molecule has 0 unspecified atom stereocenters. The molecule has 9 nitrogen and oxygen atoms in total. The first-order chi connectivity index (χ1) is 10.5. The first-order valence-electron chi connectivity index (χ1n) is 6.46. The van der Waals surface area contributed by atoms with Crippen LogP contribution >= 0.6 is 0 Å². The normalized spacial score (nSPS) is 28.3. The third-order valence-electron chi connectivity index (χ3n) is 3.68. The maximum Gasteiger partial charge on any atom is 0.251 e. The van der Waals surface area contributed by atoms with E-state index in [1.165, 1.54) is 10.8 Å². The van der Waals surface area contributed by atoms with Crippen molar-refractivity contribution < 1.29 is 24.1 Å². The molecule has 3 rings (SSSR count). The number of nitrogens with two attached hydrogens (primary N) is 1. The van der Waals surface area contributed by atoms with Gasteiger partial charge in [-0.05, 0) is 0 Å². The van der Waals surface area contributed by atoms with Crippen LogP contribution in [-0.4, -0.2) is 55.6 Å². The van der Waals surface area contributed by atoms with Gasteiger partial charge < -0.3 is 25.7 Å². The maximum atomic E-state index is 14.2. The minimum absolute atomic E-state index is 0.0505. The lowest BCUT2D eigenvalue weighted by atomic mass is 10.1. The molecule has 2 aromatic heterocycles. The zero-order valence-corrected chi connectivity index (χ0v) is 11.2. The number of carbonyl (C=O) groups is 1. The Kier molecular flexibility index (Phi) is 3.43. The number of aliphatic hydroxyl groups is 2. The molecular formula is C12H14FN5O4. The summed E-state index contributed by atoms with van der Waals surface area (Å²) < 4.78 is 20.7. The third kappa shape index (κ3) is 2.00. The number of primary amides is 1. The molecule has 3 heterocycles. The van der Waals surface area contributed by atoms with Gasteiger partial charge in [-0.3, -0.25) is 14.8 Å². The Balaban J connectivity index is 2.15. The van der Waals surface area contributed by atoms with Gasteiger partial charge in [0.05, 0.1) is 17.6 Å². The van der Waals surface area contributed by atoms with Gasteiger partial charge in [0.25, 0.3) is 5.91 Å². The Morgan fingerprint density at radius 3 is 2.95 bits per heavy atom. The summed E-state index contributed by atoms with van der Waals surface area (Å²) in [5, 5.41) is 26.7. The van der Waals surface area contributed by atoms with Gasteiger partial charge in [0.2, 0.25) is 0 Å². The summed E-state index contributed by atoms with van der Waals surface area (Å²) in [4.78, 5) is 17.9. The maximum absolute atomic E-state index is 14.2. The molecule has 0 radical (unpaired) electrons. The minimum Gasteiger partial charge on any atom is -0.394 e. The summed E-state index contributed by atoms with van der Waals surface area (Å²) in [5.74, 6) is -0.753. The van der Waals surface area contributed by atoms with Crippen molar-refractivity contribution in [2.75, 3.05) is 6.61 Å². The fraction of sp³-hybridized carbons (Fsp3) is 0.417. The van der Waals surface area contributed by atoms with Crippen LogP contribution in [0.1, 0.15) is 16.6 Å². The predicted octanol–water partition coefficient (Wildman–Crippen LogP) is -1.47. The molecule has 0 aromatic carbocycles. The van der Waals surface area contributed by atoms with E-state index < -0.39 is 37.1 Å². The van der Waals surface area contributed by atoms with Crippen LogP contribution < -0.4 is 11.2 Å². The van der Waals surface area contributed by atoms with E-state index in [2.05, 4.69) is 9.97 Å². The predicted molar refractivity (Wildman–Crippen MR) is 70.4 cm³/mol. The molecule has 10 heteroatoms. The number of aromatic amines is 1. The van der Waals surface area contributed by atoms with Crippen molar-refractivity contribution in [3.63, 3.8) is 0 Å². The monoisotopic (exact) mass is 311 g/mol. The van der Waals surface area contributed by atoms with Gasteiger partial charge in [0.15, 0.2) is 17.9 Å². The van der Waals surface area contributed by atoms with Crippen LogP contribution in [0.4, 0.5) is 4.39 Å². The second kappa shape index (κ2) is 5.16. The van der Waals surface area contributed by atoms with Crippen molar-refractivity contribution in [3.05, 3.63) is 23.6 Å². The van der Waals surface area contributed by atoms with Crippen molar-refractivity contribution in [3.8, 4) is 0 Å². The Morgan fingerprint density at radius 2 is 2.36 bits per heavy atom. The van der Waals surface area contributed by atoms with E-state index in [1.807, 2.05) is 0 Å². The zero-order valence-electron chi connectivity index (χ0n) is 11.2. The average molecular weight is 311 g/mol. The number of hydrogen-bond donors (Lipinski definition) is 5. The second-order valence-corrected chi connectivity index (χ2v) is 4.97. The molecule has 0 aliphatic carbocycles. The lowest BCUT2D eigenvalue weighted by Crippen LogP contribution is -2.30. The number of amides is 1. The first kappa shape index (κ1) is 14.6. The topological polar surface area (TPSA) is 150 Å². The number of aromatic nitrogens is 3. The highest BCUT2D eigenvalue weighted by Crippen LogP contribution is 2.33. The smallest absolute Gasteiger partial charge is 0.251 e. The van der Waals surface area contributed by atoms with Gasteiger partial charge in [0, 0.05) is 6.20 Å². The van der Waals surface area contributed by atoms with E-state index in [1.54, 1.807) is 0 Å². The number of rotatable bonds is 3. The Hall–Kier alpha value is -2.30. The zero-order chi connectivity index (χ0) is 16.0. The molecule has 1 aliphatic heterocycles. The van der Waals surface area contributed by atoms with E-state index in [4.69, 9.17) is 21.0 Å². The van der Waals surface area contributed by atoms with Crippen LogP contribution in [0.2, 0.25) is 0 Å². The molecule has 0 spiro atoms. The summed E-state index contributed by atoms with van der Waals surface area (Å²) in [6, 6.07) is 0. The van der Waals surface area contributed by atoms with Crippen molar-refractivity contribution in [1.29, 1.82) is 5.41 Å². The molecule has 1 fully saturated rings. The Labute approximate surface area is 122 Å². The molecule has 1 amide bonds. The van der Waals surface area contributed by atoms with Gasteiger partial charge in [-0.1, -0.05) is 0 Å². The van der Waals surface area contributed by atoms with Crippen molar-refractivity contribution >= 4 is 16.9 Å². The summed E-state index contributed by atoms with van der Waals surface area (Å²) in [5.41, 5.74) is 5.30. The summed E-state index contributed by atoms with van der Waals surface area (Å²) in [6.45, 7) is -0.539. The van der Waals surface area contributed by atoms with Gasteiger partial charge in [-0.2, -0.15) is 0 Å². The Bertz CT molecular complexity index is 787. The molecule has 118 valence electrons. The van der Waals surface area contributed by atoms with Crippen LogP contribution in [-0.2, 0) is 4.74 Å².